The van der Waals surface area contributed by atoms with Gasteiger partial charge in [0, 0.05) is 18.6 Å². The topological polar surface area (TPSA) is 26.3 Å². The fraction of sp³-hybridized carbons (Fsp3) is 0.611. The molecule has 1 aromatic rings. The smallest absolute Gasteiger partial charge is 0.166 e. The summed E-state index contributed by atoms with van der Waals surface area (Å²) in [6.07, 6.45) is 5.69. The Balaban J connectivity index is 2.29. The summed E-state index contributed by atoms with van der Waals surface area (Å²) >= 11 is 0. The highest BCUT2D eigenvalue weighted by molar-refractivity contribution is 5.99. The molecule has 110 valence electrons. The molecule has 2 nitrogen and oxygen atoms in total. The van der Waals surface area contributed by atoms with E-state index in [-0.39, 0.29) is 11.9 Å². The number of hydrogen-bond acceptors (Lipinski definition) is 2. The van der Waals surface area contributed by atoms with Crippen molar-refractivity contribution < 1.29 is 9.53 Å². The Morgan fingerprint density at radius 2 is 1.80 bits per heavy atom. The molecule has 1 aliphatic rings. The van der Waals surface area contributed by atoms with E-state index in [1.807, 2.05) is 0 Å². The van der Waals surface area contributed by atoms with Crippen LogP contribution in [0.5, 0.6) is 0 Å². The van der Waals surface area contributed by atoms with E-state index < -0.39 is 0 Å². The summed E-state index contributed by atoms with van der Waals surface area (Å²) in [6, 6.07) is 4.42. The van der Waals surface area contributed by atoms with Gasteiger partial charge < -0.3 is 4.74 Å². The van der Waals surface area contributed by atoms with Gasteiger partial charge in [0.2, 0.25) is 0 Å². The maximum atomic E-state index is 12.7. The predicted octanol–water partition coefficient (Wildman–Crippen LogP) is 4.13. The summed E-state index contributed by atoms with van der Waals surface area (Å²) in [6.45, 7) is 7.25. The van der Waals surface area contributed by atoms with Gasteiger partial charge in [-0.15, -0.1) is 0 Å². The Labute approximate surface area is 122 Å². The number of ketones is 1. The van der Waals surface area contributed by atoms with Gasteiger partial charge in [0.05, 0.1) is 6.10 Å². The summed E-state index contributed by atoms with van der Waals surface area (Å²) in [7, 11) is 0. The average molecular weight is 274 g/mol. The number of carbonyl (C=O) groups is 1. The minimum atomic E-state index is 0.141. The summed E-state index contributed by atoms with van der Waals surface area (Å²) in [5, 5.41) is 0. The van der Waals surface area contributed by atoms with E-state index in [1.165, 1.54) is 16.7 Å². The Hall–Kier alpha value is -1.15. The van der Waals surface area contributed by atoms with Gasteiger partial charge in [-0.1, -0.05) is 32.9 Å². The molecule has 0 saturated carbocycles. The average Bonchev–Trinajstić information content (AvgIpc) is 2.98. The maximum Gasteiger partial charge on any atom is 0.166 e. The van der Waals surface area contributed by atoms with Crippen molar-refractivity contribution in [1.82, 2.24) is 0 Å². The highest BCUT2D eigenvalue weighted by Gasteiger charge is 2.23. The fourth-order valence-electron chi connectivity index (χ4n) is 3.07. The molecule has 1 aliphatic heterocycles. The van der Waals surface area contributed by atoms with E-state index in [9.17, 15) is 4.79 Å². The Morgan fingerprint density at radius 1 is 1.15 bits per heavy atom. The number of rotatable bonds is 6. The summed E-state index contributed by atoms with van der Waals surface area (Å²) in [5.41, 5.74) is 4.74. The van der Waals surface area contributed by atoms with Crippen LogP contribution in [0.2, 0.25) is 0 Å². The van der Waals surface area contributed by atoms with Crippen molar-refractivity contribution in [2.75, 3.05) is 6.61 Å². The quantitative estimate of drug-likeness (QED) is 0.729. The lowest BCUT2D eigenvalue weighted by Crippen LogP contribution is -2.16. The number of Topliss-reactive ketones (excluding diaryl/α,β-unsaturated/α-hetero) is 1. The largest absolute Gasteiger partial charge is 0.378 e. The minimum absolute atomic E-state index is 0.141. The standard InChI is InChI=1S/C18H26O2/c1-4-13-10-14(5-2)18(15(6-3)11-13)17(19)12-16-8-7-9-20-16/h10-11,16H,4-9,12H2,1-3H3. The molecule has 0 aliphatic carbocycles. The third kappa shape index (κ3) is 3.29. The molecule has 1 atom stereocenters. The second-order valence-corrected chi connectivity index (χ2v) is 5.61. The molecule has 0 N–H and O–H groups in total. The zero-order valence-electron chi connectivity index (χ0n) is 13.0. The first-order chi connectivity index (χ1) is 9.69. The van der Waals surface area contributed by atoms with Crippen LogP contribution < -0.4 is 0 Å². The van der Waals surface area contributed by atoms with E-state index in [0.29, 0.717) is 6.42 Å². The first-order valence-electron chi connectivity index (χ1n) is 7.99. The molecule has 2 rings (SSSR count). The Morgan fingerprint density at radius 3 is 2.25 bits per heavy atom. The van der Waals surface area contributed by atoms with Gasteiger partial charge in [-0.2, -0.15) is 0 Å². The molecule has 0 radical (unpaired) electrons. The number of aryl methyl sites for hydroxylation is 3. The molecule has 20 heavy (non-hydrogen) atoms. The SMILES string of the molecule is CCc1cc(CC)c(C(=O)CC2CCCO2)c(CC)c1. The van der Waals surface area contributed by atoms with Crippen LogP contribution >= 0.6 is 0 Å². The number of carbonyl (C=O) groups excluding carboxylic acids is 1. The van der Waals surface area contributed by atoms with Crippen molar-refractivity contribution in [1.29, 1.82) is 0 Å². The van der Waals surface area contributed by atoms with Crippen LogP contribution in [0, 0.1) is 0 Å². The van der Waals surface area contributed by atoms with Crippen LogP contribution in [0.15, 0.2) is 12.1 Å². The molecule has 0 amide bonds. The normalized spacial score (nSPS) is 18.4. The van der Waals surface area contributed by atoms with Crippen LogP contribution in [0.3, 0.4) is 0 Å². The van der Waals surface area contributed by atoms with Gasteiger partial charge in [0.1, 0.15) is 0 Å². The Bertz CT molecular complexity index is 445. The fourth-order valence-corrected chi connectivity index (χ4v) is 3.07. The zero-order chi connectivity index (χ0) is 14.5. The number of hydrogen-bond donors (Lipinski definition) is 0. The zero-order valence-corrected chi connectivity index (χ0v) is 13.0. The second kappa shape index (κ2) is 7.03. The Kier molecular flexibility index (Phi) is 5.36. The lowest BCUT2D eigenvalue weighted by atomic mass is 9.89. The van der Waals surface area contributed by atoms with Gasteiger partial charge >= 0.3 is 0 Å². The molecule has 1 fully saturated rings. The van der Waals surface area contributed by atoms with E-state index in [1.54, 1.807) is 0 Å². The number of benzene rings is 1. The van der Waals surface area contributed by atoms with Crippen LogP contribution in [0.4, 0.5) is 0 Å². The van der Waals surface area contributed by atoms with Crippen LogP contribution in [0.1, 0.15) is 67.1 Å². The molecule has 1 unspecified atom stereocenters. The van der Waals surface area contributed by atoms with Gasteiger partial charge in [-0.05, 0) is 48.8 Å². The van der Waals surface area contributed by atoms with Crippen molar-refractivity contribution in [2.45, 2.75) is 65.4 Å². The van der Waals surface area contributed by atoms with E-state index in [4.69, 9.17) is 4.74 Å². The summed E-state index contributed by atoms with van der Waals surface area (Å²) in [5.74, 6) is 0.272. The van der Waals surface area contributed by atoms with Crippen LogP contribution in [-0.4, -0.2) is 18.5 Å². The van der Waals surface area contributed by atoms with Crippen molar-refractivity contribution >= 4 is 5.78 Å². The molecular formula is C18H26O2. The number of ether oxygens (including phenoxy) is 1. The van der Waals surface area contributed by atoms with Crippen molar-refractivity contribution in [3.63, 3.8) is 0 Å². The first-order valence-corrected chi connectivity index (χ1v) is 7.99. The molecular weight excluding hydrogens is 248 g/mol. The van der Waals surface area contributed by atoms with E-state index in [0.717, 1.165) is 44.3 Å². The summed E-state index contributed by atoms with van der Waals surface area (Å²) in [4.78, 5) is 12.7. The molecule has 1 saturated heterocycles. The molecule has 0 spiro atoms. The summed E-state index contributed by atoms with van der Waals surface area (Å²) < 4.78 is 5.62. The molecule has 0 bridgehead atoms. The van der Waals surface area contributed by atoms with Crippen LogP contribution in [0.25, 0.3) is 0 Å². The van der Waals surface area contributed by atoms with Gasteiger partial charge in [0.15, 0.2) is 5.78 Å². The van der Waals surface area contributed by atoms with E-state index >= 15 is 0 Å². The van der Waals surface area contributed by atoms with Crippen molar-refractivity contribution in [2.24, 2.45) is 0 Å². The highest BCUT2D eigenvalue weighted by atomic mass is 16.5. The molecule has 0 aromatic heterocycles. The highest BCUT2D eigenvalue weighted by Crippen LogP contribution is 2.24. The van der Waals surface area contributed by atoms with E-state index in [2.05, 4.69) is 32.9 Å². The van der Waals surface area contributed by atoms with Gasteiger partial charge in [-0.25, -0.2) is 0 Å². The minimum Gasteiger partial charge on any atom is -0.378 e. The third-order valence-electron chi connectivity index (χ3n) is 4.25. The van der Waals surface area contributed by atoms with Gasteiger partial charge in [0.25, 0.3) is 0 Å². The second-order valence-electron chi connectivity index (χ2n) is 5.61. The maximum absolute atomic E-state index is 12.7. The van der Waals surface area contributed by atoms with Crippen LogP contribution in [-0.2, 0) is 24.0 Å². The molecule has 2 heteroatoms. The van der Waals surface area contributed by atoms with Crippen molar-refractivity contribution in [3.8, 4) is 0 Å². The monoisotopic (exact) mass is 274 g/mol. The third-order valence-corrected chi connectivity index (χ3v) is 4.25. The lowest BCUT2D eigenvalue weighted by Gasteiger charge is -2.16. The molecule has 1 aromatic carbocycles. The van der Waals surface area contributed by atoms with Crippen molar-refractivity contribution in [3.05, 3.63) is 34.4 Å². The first kappa shape index (κ1) is 15.2. The lowest BCUT2D eigenvalue weighted by molar-refractivity contribution is 0.0774. The predicted molar refractivity (Wildman–Crippen MR) is 82.5 cm³/mol. The van der Waals surface area contributed by atoms with Gasteiger partial charge in [-0.3, -0.25) is 4.79 Å². The molecule has 1 heterocycles.